The normalized spacial score (nSPS) is 13.0. The van der Waals surface area contributed by atoms with Crippen LogP contribution in [-0.2, 0) is 18.3 Å². The van der Waals surface area contributed by atoms with Crippen molar-refractivity contribution in [3.63, 3.8) is 0 Å². The summed E-state index contributed by atoms with van der Waals surface area (Å²) in [4.78, 5) is 4.10. The van der Waals surface area contributed by atoms with Crippen LogP contribution in [0.15, 0.2) is 6.33 Å². The summed E-state index contributed by atoms with van der Waals surface area (Å²) < 4.78 is 6.69. The van der Waals surface area contributed by atoms with Gasteiger partial charge in [0.1, 0.15) is 12.2 Å². The summed E-state index contributed by atoms with van der Waals surface area (Å²) in [7, 11) is 3.53. The summed E-state index contributed by atoms with van der Waals surface area (Å²) >= 11 is 5.97. The number of methoxy groups -OCH3 is 1. The molecule has 0 aliphatic carbocycles. The second-order valence-corrected chi connectivity index (χ2v) is 3.94. The first-order chi connectivity index (χ1) is 7.24. The predicted octanol–water partition coefficient (Wildman–Crippen LogP) is 0.549. The third kappa shape index (κ3) is 4.59. The summed E-state index contributed by atoms with van der Waals surface area (Å²) in [6.07, 6.45) is 2.43. The molecule has 1 N–H and O–H groups in total. The fourth-order valence-corrected chi connectivity index (χ4v) is 1.44. The molecule has 1 atom stereocenters. The van der Waals surface area contributed by atoms with Crippen molar-refractivity contribution in [2.75, 3.05) is 20.3 Å². The van der Waals surface area contributed by atoms with Crippen molar-refractivity contribution < 1.29 is 4.74 Å². The van der Waals surface area contributed by atoms with Crippen LogP contribution in [0.4, 0.5) is 0 Å². The Balaban J connectivity index is 2.09. The molecule has 6 heteroatoms. The average molecular weight is 233 g/mol. The summed E-state index contributed by atoms with van der Waals surface area (Å²) in [5.41, 5.74) is 0. The number of alkyl halides is 1. The molecule has 15 heavy (non-hydrogen) atoms. The van der Waals surface area contributed by atoms with E-state index < -0.39 is 0 Å². The van der Waals surface area contributed by atoms with Gasteiger partial charge in [-0.05, 0) is 13.0 Å². The van der Waals surface area contributed by atoms with Crippen molar-refractivity contribution in [3.8, 4) is 0 Å². The van der Waals surface area contributed by atoms with Crippen molar-refractivity contribution in [2.24, 2.45) is 7.05 Å². The van der Waals surface area contributed by atoms with E-state index in [1.165, 1.54) is 0 Å². The standard InChI is InChI=1S/C9H17ClN4O/c1-14-9(12-7-13-14)5-11-4-3-8(10)6-15-2/h7-8,11H,3-6H2,1-2H3. The van der Waals surface area contributed by atoms with Gasteiger partial charge >= 0.3 is 0 Å². The van der Waals surface area contributed by atoms with E-state index >= 15 is 0 Å². The van der Waals surface area contributed by atoms with Gasteiger partial charge in [-0.25, -0.2) is 4.98 Å². The van der Waals surface area contributed by atoms with Crippen molar-refractivity contribution in [1.82, 2.24) is 20.1 Å². The highest BCUT2D eigenvalue weighted by atomic mass is 35.5. The molecule has 0 radical (unpaired) electrons. The fraction of sp³-hybridized carbons (Fsp3) is 0.778. The SMILES string of the molecule is COCC(Cl)CCNCc1ncnn1C. The van der Waals surface area contributed by atoms with Gasteiger partial charge in [-0.3, -0.25) is 4.68 Å². The van der Waals surface area contributed by atoms with E-state index in [0.717, 1.165) is 18.8 Å². The lowest BCUT2D eigenvalue weighted by Crippen LogP contribution is -2.21. The van der Waals surface area contributed by atoms with Crippen LogP contribution in [0.25, 0.3) is 0 Å². The van der Waals surface area contributed by atoms with Crippen molar-refractivity contribution in [1.29, 1.82) is 0 Å². The Hall–Kier alpha value is -0.650. The van der Waals surface area contributed by atoms with Crippen LogP contribution in [0.3, 0.4) is 0 Å². The number of halogens is 1. The summed E-state index contributed by atoms with van der Waals surface area (Å²) in [6.45, 7) is 2.16. The maximum atomic E-state index is 5.97. The Labute approximate surface area is 94.8 Å². The van der Waals surface area contributed by atoms with E-state index in [0.29, 0.717) is 13.2 Å². The van der Waals surface area contributed by atoms with E-state index in [-0.39, 0.29) is 5.38 Å². The number of hydrogen-bond acceptors (Lipinski definition) is 4. The zero-order valence-electron chi connectivity index (χ0n) is 9.11. The zero-order valence-corrected chi connectivity index (χ0v) is 9.87. The molecule has 0 bridgehead atoms. The first-order valence-corrected chi connectivity index (χ1v) is 5.34. The molecule has 86 valence electrons. The maximum Gasteiger partial charge on any atom is 0.140 e. The molecule has 1 heterocycles. The number of aromatic nitrogens is 3. The van der Waals surface area contributed by atoms with Gasteiger partial charge in [0, 0.05) is 14.2 Å². The highest BCUT2D eigenvalue weighted by Crippen LogP contribution is 2.00. The average Bonchev–Trinajstić information content (AvgIpc) is 2.60. The molecule has 0 spiro atoms. The molecule has 0 saturated heterocycles. The topological polar surface area (TPSA) is 52.0 Å². The molecule has 0 amide bonds. The Morgan fingerprint density at radius 2 is 2.47 bits per heavy atom. The first-order valence-electron chi connectivity index (χ1n) is 4.90. The predicted molar refractivity (Wildman–Crippen MR) is 58.8 cm³/mol. The lowest BCUT2D eigenvalue weighted by atomic mass is 10.3. The van der Waals surface area contributed by atoms with Gasteiger partial charge in [0.25, 0.3) is 0 Å². The van der Waals surface area contributed by atoms with Crippen LogP contribution in [0, 0.1) is 0 Å². The second kappa shape index (κ2) is 6.76. The lowest BCUT2D eigenvalue weighted by molar-refractivity contribution is 0.195. The molecule has 5 nitrogen and oxygen atoms in total. The molecule has 0 saturated carbocycles. The summed E-state index contributed by atoms with van der Waals surface area (Å²) in [6, 6.07) is 0. The number of nitrogens with one attached hydrogen (secondary N) is 1. The van der Waals surface area contributed by atoms with Gasteiger partial charge in [0.2, 0.25) is 0 Å². The minimum absolute atomic E-state index is 0.0713. The van der Waals surface area contributed by atoms with Crippen molar-refractivity contribution >= 4 is 11.6 Å². The van der Waals surface area contributed by atoms with Crippen LogP contribution in [-0.4, -0.2) is 40.4 Å². The highest BCUT2D eigenvalue weighted by Gasteiger charge is 2.04. The Kier molecular flexibility index (Phi) is 5.60. The molecule has 1 aromatic heterocycles. The summed E-state index contributed by atoms with van der Waals surface area (Å²) in [5, 5.41) is 7.31. The number of rotatable bonds is 7. The largest absolute Gasteiger partial charge is 0.383 e. The molecule has 0 aromatic carbocycles. The smallest absolute Gasteiger partial charge is 0.140 e. The third-order valence-electron chi connectivity index (χ3n) is 2.07. The molecular weight excluding hydrogens is 216 g/mol. The number of ether oxygens (including phenoxy) is 1. The Morgan fingerprint density at radius 3 is 3.07 bits per heavy atom. The molecule has 1 unspecified atom stereocenters. The van der Waals surface area contributed by atoms with Crippen molar-refractivity contribution in [3.05, 3.63) is 12.2 Å². The van der Waals surface area contributed by atoms with Gasteiger partial charge in [-0.2, -0.15) is 5.10 Å². The van der Waals surface area contributed by atoms with E-state index in [9.17, 15) is 0 Å². The maximum absolute atomic E-state index is 5.97. The molecule has 0 fully saturated rings. The van der Waals surface area contributed by atoms with Gasteiger partial charge < -0.3 is 10.1 Å². The zero-order chi connectivity index (χ0) is 11.1. The Bertz CT molecular complexity index is 279. The van der Waals surface area contributed by atoms with Crippen LogP contribution in [0.5, 0.6) is 0 Å². The van der Waals surface area contributed by atoms with Crippen LogP contribution < -0.4 is 5.32 Å². The third-order valence-corrected chi connectivity index (χ3v) is 2.41. The van der Waals surface area contributed by atoms with E-state index in [2.05, 4.69) is 15.4 Å². The molecule has 0 aliphatic rings. The highest BCUT2D eigenvalue weighted by molar-refractivity contribution is 6.20. The van der Waals surface area contributed by atoms with E-state index in [4.69, 9.17) is 16.3 Å². The Morgan fingerprint density at radius 1 is 1.67 bits per heavy atom. The first kappa shape index (κ1) is 12.4. The minimum Gasteiger partial charge on any atom is -0.383 e. The lowest BCUT2D eigenvalue weighted by Gasteiger charge is -2.08. The molecule has 1 aromatic rings. The van der Waals surface area contributed by atoms with Gasteiger partial charge in [0.15, 0.2) is 0 Å². The quantitative estimate of drug-likeness (QED) is 0.551. The summed E-state index contributed by atoms with van der Waals surface area (Å²) in [5.74, 6) is 0.924. The molecule has 1 rings (SSSR count). The van der Waals surface area contributed by atoms with Gasteiger partial charge in [-0.1, -0.05) is 0 Å². The second-order valence-electron chi connectivity index (χ2n) is 3.32. The van der Waals surface area contributed by atoms with Crippen LogP contribution in [0.1, 0.15) is 12.2 Å². The number of nitrogens with zero attached hydrogens (tertiary/aromatic N) is 3. The van der Waals surface area contributed by atoms with Gasteiger partial charge in [-0.15, -0.1) is 11.6 Å². The fourth-order valence-electron chi connectivity index (χ4n) is 1.20. The minimum atomic E-state index is 0.0713. The monoisotopic (exact) mass is 232 g/mol. The molecule has 0 aliphatic heterocycles. The van der Waals surface area contributed by atoms with Gasteiger partial charge in [0.05, 0.1) is 18.5 Å². The number of aryl methyl sites for hydroxylation is 1. The van der Waals surface area contributed by atoms with Crippen LogP contribution in [0.2, 0.25) is 0 Å². The van der Waals surface area contributed by atoms with Crippen molar-refractivity contribution in [2.45, 2.75) is 18.3 Å². The van der Waals surface area contributed by atoms with Crippen LogP contribution >= 0.6 is 11.6 Å². The number of hydrogen-bond donors (Lipinski definition) is 1. The van der Waals surface area contributed by atoms with E-state index in [1.54, 1.807) is 18.1 Å². The van der Waals surface area contributed by atoms with E-state index in [1.807, 2.05) is 7.05 Å². The molecular formula is C9H17ClN4O.